The molecule has 0 saturated heterocycles. The first-order chi connectivity index (χ1) is 6.68. The Hall–Kier alpha value is -0.550. The van der Waals surface area contributed by atoms with Gasteiger partial charge in [0.2, 0.25) is 5.91 Å². The van der Waals surface area contributed by atoms with E-state index in [9.17, 15) is 4.79 Å². The molecule has 0 spiro atoms. The molecule has 0 bridgehead atoms. The summed E-state index contributed by atoms with van der Waals surface area (Å²) in [6.45, 7) is -0.500. The number of primary amides is 1. The zero-order valence-corrected chi connectivity index (χ0v) is 11.2. The maximum absolute atomic E-state index is 9.46. The summed E-state index contributed by atoms with van der Waals surface area (Å²) in [6.07, 6.45) is 0. The third-order valence-electron chi connectivity index (χ3n) is 0.798. The average Bonchev–Trinajstić information content (AvgIpc) is 2.22. The second-order valence-electron chi connectivity index (χ2n) is 1.85. The van der Waals surface area contributed by atoms with E-state index in [2.05, 4.69) is 5.73 Å². The molecular formula is C9H11ClNNaO3. The van der Waals surface area contributed by atoms with E-state index in [0.29, 0.717) is 0 Å². The number of carboxylic acid groups (broad SMARTS) is 1. The van der Waals surface area contributed by atoms with Crippen molar-refractivity contribution in [2.45, 2.75) is 0 Å². The molecule has 0 aliphatic carbocycles. The SMILES string of the molecule is NC(=O)CCl.O=C[O-].[Na+].c1ccccc1. The van der Waals surface area contributed by atoms with Crippen LogP contribution in [0.25, 0.3) is 0 Å². The fraction of sp³-hybridized carbons (Fsp3) is 0.111. The Kier molecular flexibility index (Phi) is 25.4. The smallest absolute Gasteiger partial charge is 0.554 e. The molecule has 1 rings (SSSR count). The summed E-state index contributed by atoms with van der Waals surface area (Å²) in [6, 6.07) is 12.0. The van der Waals surface area contributed by atoms with Crippen molar-refractivity contribution in [1.82, 2.24) is 0 Å². The monoisotopic (exact) mass is 239 g/mol. The van der Waals surface area contributed by atoms with Gasteiger partial charge in [-0.1, -0.05) is 36.4 Å². The Morgan fingerprint density at radius 1 is 1.20 bits per heavy atom. The zero-order valence-electron chi connectivity index (χ0n) is 8.43. The second-order valence-corrected chi connectivity index (χ2v) is 2.12. The Labute approximate surface area is 116 Å². The Morgan fingerprint density at radius 3 is 1.40 bits per heavy atom. The number of amides is 1. The van der Waals surface area contributed by atoms with Gasteiger partial charge in [-0.25, -0.2) is 0 Å². The molecule has 1 amide bonds. The largest absolute Gasteiger partial charge is 1.00 e. The maximum Gasteiger partial charge on any atom is 1.00 e. The fourth-order valence-electron chi connectivity index (χ4n) is 0.385. The fourth-order valence-corrected chi connectivity index (χ4v) is 0.385. The first-order valence-corrected chi connectivity index (χ1v) is 4.12. The molecule has 78 valence electrons. The molecule has 1 aromatic rings. The van der Waals surface area contributed by atoms with Crippen LogP contribution in [0.3, 0.4) is 0 Å². The normalized spacial score (nSPS) is 6.47. The van der Waals surface area contributed by atoms with Crippen LogP contribution in [0.15, 0.2) is 36.4 Å². The van der Waals surface area contributed by atoms with Crippen LogP contribution in [0.1, 0.15) is 0 Å². The number of benzene rings is 1. The molecule has 15 heavy (non-hydrogen) atoms. The van der Waals surface area contributed by atoms with Gasteiger partial charge in [0.1, 0.15) is 5.88 Å². The van der Waals surface area contributed by atoms with E-state index in [4.69, 9.17) is 21.5 Å². The quantitative estimate of drug-likeness (QED) is 0.318. The van der Waals surface area contributed by atoms with Crippen molar-refractivity contribution in [3.05, 3.63) is 36.4 Å². The summed E-state index contributed by atoms with van der Waals surface area (Å²) in [4.78, 5) is 17.7. The van der Waals surface area contributed by atoms with Crippen LogP contribution in [0, 0.1) is 0 Å². The molecule has 1 aromatic carbocycles. The molecule has 0 unspecified atom stereocenters. The molecular weight excluding hydrogens is 229 g/mol. The molecule has 0 aliphatic heterocycles. The first-order valence-electron chi connectivity index (χ1n) is 3.59. The number of hydrogen-bond acceptors (Lipinski definition) is 3. The number of rotatable bonds is 1. The van der Waals surface area contributed by atoms with E-state index in [1.165, 1.54) is 0 Å². The molecule has 0 saturated carbocycles. The van der Waals surface area contributed by atoms with Crippen molar-refractivity contribution in [2.75, 3.05) is 5.88 Å². The third kappa shape index (κ3) is 31.8. The summed E-state index contributed by atoms with van der Waals surface area (Å²) in [5.74, 6) is -0.563. The topological polar surface area (TPSA) is 83.2 Å². The average molecular weight is 240 g/mol. The van der Waals surface area contributed by atoms with Gasteiger partial charge in [-0.3, -0.25) is 4.79 Å². The van der Waals surface area contributed by atoms with Gasteiger partial charge in [-0.05, 0) is 0 Å². The number of carbonyl (C=O) groups is 2. The molecule has 0 fully saturated rings. The van der Waals surface area contributed by atoms with Crippen LogP contribution in [-0.4, -0.2) is 18.3 Å². The van der Waals surface area contributed by atoms with E-state index in [1.54, 1.807) is 0 Å². The van der Waals surface area contributed by atoms with Crippen molar-refractivity contribution >= 4 is 24.0 Å². The van der Waals surface area contributed by atoms with E-state index >= 15 is 0 Å². The molecule has 0 atom stereocenters. The molecule has 0 aromatic heterocycles. The van der Waals surface area contributed by atoms with Gasteiger partial charge >= 0.3 is 29.6 Å². The first kappa shape index (κ1) is 19.9. The van der Waals surface area contributed by atoms with Crippen LogP contribution >= 0.6 is 11.6 Å². The minimum absolute atomic E-state index is 0. The van der Waals surface area contributed by atoms with Crippen molar-refractivity contribution < 1.29 is 44.3 Å². The van der Waals surface area contributed by atoms with Crippen molar-refractivity contribution in [2.24, 2.45) is 5.73 Å². The van der Waals surface area contributed by atoms with Gasteiger partial charge in [0, 0.05) is 6.47 Å². The third-order valence-corrected chi connectivity index (χ3v) is 1.06. The molecule has 0 radical (unpaired) electrons. The van der Waals surface area contributed by atoms with Gasteiger partial charge in [0.15, 0.2) is 0 Å². The van der Waals surface area contributed by atoms with Crippen LogP contribution in [-0.2, 0) is 9.59 Å². The number of hydrogen-bond donors (Lipinski definition) is 1. The minimum Gasteiger partial charge on any atom is -0.554 e. The molecule has 2 N–H and O–H groups in total. The molecule has 0 heterocycles. The van der Waals surface area contributed by atoms with Crippen molar-refractivity contribution in [3.63, 3.8) is 0 Å². The van der Waals surface area contributed by atoms with Crippen LogP contribution in [0.5, 0.6) is 0 Å². The summed E-state index contributed by atoms with van der Waals surface area (Å²) in [5, 5.41) is 8.25. The van der Waals surface area contributed by atoms with Gasteiger partial charge in [0.25, 0.3) is 0 Å². The predicted molar refractivity (Wildman–Crippen MR) is 52.4 cm³/mol. The standard InChI is InChI=1S/C6H6.C2H4ClNO.CH2O2.Na/c1-2-4-6-5-3-1;3-1-2(4)5;2-1-3;/h1-6H;1H2,(H2,4,5);1H,(H,2,3);/q;;;+1/p-1. The zero-order chi connectivity index (χ0) is 11.2. The van der Waals surface area contributed by atoms with Crippen LogP contribution in [0.2, 0.25) is 0 Å². The minimum atomic E-state index is -0.500. The maximum atomic E-state index is 9.46. The summed E-state index contributed by atoms with van der Waals surface area (Å²) in [5.41, 5.74) is 4.52. The van der Waals surface area contributed by atoms with Gasteiger partial charge in [-0.2, -0.15) is 0 Å². The van der Waals surface area contributed by atoms with Gasteiger partial charge < -0.3 is 15.6 Å². The number of alkyl halides is 1. The Morgan fingerprint density at radius 2 is 1.33 bits per heavy atom. The van der Waals surface area contributed by atoms with Crippen molar-refractivity contribution in [1.29, 1.82) is 0 Å². The van der Waals surface area contributed by atoms with E-state index in [-0.39, 0.29) is 35.4 Å². The summed E-state index contributed by atoms with van der Waals surface area (Å²) < 4.78 is 0. The predicted octanol–water partition coefficient (Wildman–Crippen LogP) is -3.23. The molecule has 4 nitrogen and oxygen atoms in total. The van der Waals surface area contributed by atoms with Gasteiger partial charge in [-0.15, -0.1) is 11.6 Å². The van der Waals surface area contributed by atoms with E-state index in [1.807, 2.05) is 36.4 Å². The summed E-state index contributed by atoms with van der Waals surface area (Å²) in [7, 11) is 0. The van der Waals surface area contributed by atoms with E-state index in [0.717, 1.165) is 0 Å². The second kappa shape index (κ2) is 19.1. The van der Waals surface area contributed by atoms with Crippen LogP contribution in [0.4, 0.5) is 0 Å². The Bertz CT molecular complexity index is 207. The molecule has 6 heteroatoms. The van der Waals surface area contributed by atoms with Crippen LogP contribution < -0.4 is 40.4 Å². The van der Waals surface area contributed by atoms with Crippen molar-refractivity contribution in [3.8, 4) is 0 Å². The Balaban J connectivity index is -0.000000148. The van der Waals surface area contributed by atoms with Gasteiger partial charge in [0.05, 0.1) is 0 Å². The summed E-state index contributed by atoms with van der Waals surface area (Å²) >= 11 is 4.86. The van der Waals surface area contributed by atoms with E-state index < -0.39 is 12.4 Å². The number of carbonyl (C=O) groups excluding carboxylic acids is 2. The number of nitrogens with two attached hydrogens (primary N) is 1. The molecule has 0 aliphatic rings. The number of halogens is 1.